The molecule has 6 aromatic rings. The average molecular weight is 614 g/mol. The van der Waals surface area contributed by atoms with E-state index < -0.39 is 0 Å². The first-order valence-electron chi connectivity index (χ1n) is 16.1. The number of carbonyl (C=O) groups is 1. The Hall–Kier alpha value is -4.96. The maximum Gasteiger partial charge on any atom is 0.266 e. The van der Waals surface area contributed by atoms with Gasteiger partial charge in [0.25, 0.3) is 11.5 Å². The molecule has 10 heteroatoms. The van der Waals surface area contributed by atoms with Crippen molar-refractivity contribution in [1.82, 2.24) is 29.0 Å². The Morgan fingerprint density at radius 1 is 1.02 bits per heavy atom. The van der Waals surface area contributed by atoms with Crippen LogP contribution in [0.25, 0.3) is 55.6 Å². The van der Waals surface area contributed by atoms with Crippen molar-refractivity contribution in [2.45, 2.75) is 44.3 Å². The Balaban J connectivity index is 1.15. The van der Waals surface area contributed by atoms with Gasteiger partial charge in [0, 0.05) is 48.7 Å². The molecule has 3 atom stereocenters. The number of nitrogens with zero attached hydrogens (tertiary/aromatic N) is 5. The van der Waals surface area contributed by atoms with E-state index in [0.717, 1.165) is 81.5 Å². The first-order valence-corrected chi connectivity index (χ1v) is 16.1. The first-order chi connectivity index (χ1) is 22.4. The molecule has 1 saturated heterocycles. The van der Waals surface area contributed by atoms with Gasteiger partial charge in [-0.3, -0.25) is 9.59 Å². The van der Waals surface area contributed by atoms with Gasteiger partial charge >= 0.3 is 0 Å². The number of rotatable bonds is 6. The molecule has 46 heavy (non-hydrogen) atoms. The van der Waals surface area contributed by atoms with Gasteiger partial charge in [-0.25, -0.2) is 9.97 Å². The number of likely N-dealkylation sites (tertiary alicyclic amines) is 1. The minimum atomic E-state index is -0.211. The molecular weight excluding hydrogens is 578 g/mol. The summed E-state index contributed by atoms with van der Waals surface area (Å²) in [6.45, 7) is 1.63. The van der Waals surface area contributed by atoms with Gasteiger partial charge in [0.2, 0.25) is 0 Å². The number of hydrogen-bond acceptors (Lipinski definition) is 6. The monoisotopic (exact) mass is 613 g/mol. The van der Waals surface area contributed by atoms with Crippen molar-refractivity contribution in [3.05, 3.63) is 76.7 Å². The van der Waals surface area contributed by atoms with Crippen LogP contribution in [-0.2, 0) is 13.6 Å². The molecule has 3 aromatic carbocycles. The van der Waals surface area contributed by atoms with E-state index in [4.69, 9.17) is 15.5 Å². The number of amides is 1. The molecule has 1 amide bonds. The zero-order valence-corrected chi connectivity index (χ0v) is 25.9. The fourth-order valence-corrected chi connectivity index (χ4v) is 7.86. The van der Waals surface area contributed by atoms with E-state index in [0.29, 0.717) is 23.1 Å². The molecule has 3 aromatic heterocycles. The maximum atomic E-state index is 13.7. The number of fused-ring (bicyclic) bond motifs is 5. The van der Waals surface area contributed by atoms with Crippen LogP contribution in [0.15, 0.2) is 65.6 Å². The number of aromatic nitrogens is 5. The van der Waals surface area contributed by atoms with Gasteiger partial charge < -0.3 is 29.5 Å². The van der Waals surface area contributed by atoms with Gasteiger partial charge in [-0.05, 0) is 85.0 Å². The summed E-state index contributed by atoms with van der Waals surface area (Å²) >= 11 is 0. The van der Waals surface area contributed by atoms with Crippen molar-refractivity contribution in [1.29, 1.82) is 0 Å². The third kappa shape index (κ3) is 4.20. The fraction of sp³-hybridized carbons (Fsp3) is 0.333. The molecule has 2 aliphatic carbocycles. The van der Waals surface area contributed by atoms with E-state index in [2.05, 4.69) is 43.4 Å². The van der Waals surface area contributed by atoms with Gasteiger partial charge in [0.05, 0.1) is 35.6 Å². The van der Waals surface area contributed by atoms with E-state index in [9.17, 15) is 9.59 Å². The summed E-state index contributed by atoms with van der Waals surface area (Å²) in [4.78, 5) is 39.8. The van der Waals surface area contributed by atoms with Crippen LogP contribution in [0.4, 0.5) is 0 Å². The molecule has 2 saturated carbocycles. The van der Waals surface area contributed by atoms with E-state index in [1.54, 1.807) is 7.11 Å². The number of H-pyrrole nitrogens is 1. The Morgan fingerprint density at radius 2 is 1.85 bits per heavy atom. The summed E-state index contributed by atoms with van der Waals surface area (Å²) in [5.41, 5.74) is 14.2. The first kappa shape index (κ1) is 27.4. The van der Waals surface area contributed by atoms with Gasteiger partial charge in [-0.1, -0.05) is 18.2 Å². The molecule has 1 aliphatic heterocycles. The highest BCUT2D eigenvalue weighted by atomic mass is 16.5. The highest BCUT2D eigenvalue weighted by Crippen LogP contribution is 2.41. The number of hydrogen-bond donors (Lipinski definition) is 2. The molecule has 3 N–H and O–H groups in total. The smallest absolute Gasteiger partial charge is 0.266 e. The largest absolute Gasteiger partial charge is 0.494 e. The molecule has 9 rings (SSSR count). The molecular formula is C36H35N7O3. The topological polar surface area (TPSA) is 124 Å². The van der Waals surface area contributed by atoms with E-state index in [1.165, 1.54) is 19.0 Å². The van der Waals surface area contributed by atoms with Crippen LogP contribution < -0.4 is 16.0 Å². The van der Waals surface area contributed by atoms with Crippen LogP contribution in [0.5, 0.6) is 5.75 Å². The van der Waals surface area contributed by atoms with Gasteiger partial charge in [0.15, 0.2) is 5.82 Å². The highest BCUT2D eigenvalue weighted by molar-refractivity contribution is 6.01. The van der Waals surface area contributed by atoms with Crippen molar-refractivity contribution < 1.29 is 9.53 Å². The Bertz CT molecular complexity index is 2280. The lowest BCUT2D eigenvalue weighted by Crippen LogP contribution is -2.41. The van der Waals surface area contributed by atoms with Crippen LogP contribution in [0.2, 0.25) is 0 Å². The Morgan fingerprint density at radius 3 is 2.61 bits per heavy atom. The van der Waals surface area contributed by atoms with Crippen LogP contribution >= 0.6 is 0 Å². The number of methoxy groups -OCH3 is 1. The number of aryl methyl sites for hydroxylation is 1. The summed E-state index contributed by atoms with van der Waals surface area (Å²) in [7, 11) is 3.67. The molecule has 4 heterocycles. The summed E-state index contributed by atoms with van der Waals surface area (Å²) in [6, 6.07) is 18.6. The second-order valence-electron chi connectivity index (χ2n) is 13.3. The van der Waals surface area contributed by atoms with E-state index in [1.807, 2.05) is 42.3 Å². The minimum absolute atomic E-state index is 0.000628. The summed E-state index contributed by atoms with van der Waals surface area (Å²) < 4.78 is 10.4. The predicted molar refractivity (Wildman–Crippen MR) is 178 cm³/mol. The number of imidazole rings is 1. The summed E-state index contributed by atoms with van der Waals surface area (Å²) in [6.07, 6.45) is 5.82. The van der Waals surface area contributed by atoms with Gasteiger partial charge in [-0.15, -0.1) is 0 Å². The van der Waals surface area contributed by atoms with Crippen molar-refractivity contribution in [3.8, 4) is 28.4 Å². The third-order valence-corrected chi connectivity index (χ3v) is 10.5. The van der Waals surface area contributed by atoms with Crippen LogP contribution in [0.3, 0.4) is 0 Å². The number of nitrogens with one attached hydrogen (secondary N) is 1. The molecule has 3 aliphatic rings. The van der Waals surface area contributed by atoms with Gasteiger partial charge in [0.1, 0.15) is 11.3 Å². The standard InChI is InChI=1S/C36H35N7O3/c1-41-34-27(12-24(15-31(34)46-2)36(45)43-18-23-8-10-28(43)33(23)37)40-35(41)30-14-22-6-5-21(13-29(22)42(30)17-19-3-4-19)20-7-9-25-26(11-20)38-16-32(44)39-25/h5-7,9,11-16,19,23,28,33H,3-4,8,10,17-18,37H2,1-2H3,(H,39,44)/t23-,28-,33-/m1/s1. The van der Waals surface area contributed by atoms with Crippen LogP contribution in [-0.4, -0.2) is 60.6 Å². The second-order valence-corrected chi connectivity index (χ2v) is 13.3. The highest BCUT2D eigenvalue weighted by Gasteiger charge is 2.47. The summed E-state index contributed by atoms with van der Waals surface area (Å²) in [5, 5.41) is 1.14. The van der Waals surface area contributed by atoms with E-state index >= 15 is 0 Å². The second kappa shape index (κ2) is 10.0. The number of carbonyl (C=O) groups excluding carboxylic acids is 1. The maximum absolute atomic E-state index is 13.7. The number of piperidine rings is 1. The molecule has 0 radical (unpaired) electrons. The fourth-order valence-electron chi connectivity index (χ4n) is 7.86. The zero-order valence-electron chi connectivity index (χ0n) is 25.9. The van der Waals surface area contributed by atoms with Crippen molar-refractivity contribution in [2.24, 2.45) is 24.6 Å². The third-order valence-electron chi connectivity index (χ3n) is 10.5. The summed E-state index contributed by atoms with van der Waals surface area (Å²) in [5.74, 6) is 2.49. The van der Waals surface area contributed by atoms with Gasteiger partial charge in [-0.2, -0.15) is 0 Å². The minimum Gasteiger partial charge on any atom is -0.494 e. The number of ether oxygens (including phenoxy) is 1. The Kier molecular flexibility index (Phi) is 5.96. The predicted octanol–water partition coefficient (Wildman–Crippen LogP) is 5.08. The normalized spacial score (nSPS) is 20.8. The number of aromatic amines is 1. The quantitative estimate of drug-likeness (QED) is 0.270. The Labute approximate surface area is 264 Å². The lowest BCUT2D eigenvalue weighted by molar-refractivity contribution is 0.0700. The molecule has 0 unspecified atom stereocenters. The lowest BCUT2D eigenvalue weighted by Gasteiger charge is -2.27. The van der Waals surface area contributed by atoms with Crippen molar-refractivity contribution in [3.63, 3.8) is 0 Å². The molecule has 2 bridgehead atoms. The van der Waals surface area contributed by atoms with Crippen LogP contribution in [0.1, 0.15) is 36.0 Å². The van der Waals surface area contributed by atoms with E-state index in [-0.39, 0.29) is 23.6 Å². The number of nitrogens with two attached hydrogens (primary N) is 1. The van der Waals surface area contributed by atoms with Crippen LogP contribution in [0, 0.1) is 11.8 Å². The lowest BCUT2D eigenvalue weighted by atomic mass is 10.0. The molecule has 0 spiro atoms. The molecule has 3 fully saturated rings. The average Bonchev–Trinajstić information content (AvgIpc) is 3.47. The number of benzene rings is 3. The molecule has 10 nitrogen and oxygen atoms in total. The van der Waals surface area contributed by atoms with Crippen molar-refractivity contribution in [2.75, 3.05) is 13.7 Å². The zero-order chi connectivity index (χ0) is 31.3. The SMILES string of the molecule is COc1cc(C(=O)N2C[C@H]3CC[C@@H]2[C@@H]3N)cc2nc(-c3cc4ccc(-c5ccc6[nH]c(=O)cnc6c5)cc4n3CC3CC3)n(C)c12. The molecule has 232 valence electrons. The van der Waals surface area contributed by atoms with Crippen molar-refractivity contribution >= 4 is 38.9 Å².